The van der Waals surface area contributed by atoms with Crippen LogP contribution in [0.3, 0.4) is 0 Å². The van der Waals surface area contributed by atoms with Gasteiger partial charge in [0.1, 0.15) is 11.5 Å². The molecule has 1 N–H and O–H groups in total. The van der Waals surface area contributed by atoms with Crippen LogP contribution in [0.25, 0.3) is 5.65 Å². The van der Waals surface area contributed by atoms with Gasteiger partial charge in [0, 0.05) is 31.5 Å². The Morgan fingerprint density at radius 3 is 2.96 bits per heavy atom. The first-order chi connectivity index (χ1) is 11.2. The molecule has 0 saturated carbocycles. The summed E-state index contributed by atoms with van der Waals surface area (Å²) in [7, 11) is 0. The van der Waals surface area contributed by atoms with Gasteiger partial charge in [-0.15, -0.1) is 0 Å². The van der Waals surface area contributed by atoms with Gasteiger partial charge in [-0.05, 0) is 36.2 Å². The molecule has 118 valence electrons. The highest BCUT2D eigenvalue weighted by molar-refractivity contribution is 5.39. The Balaban J connectivity index is 1.61. The number of benzene rings is 1. The van der Waals surface area contributed by atoms with Gasteiger partial charge in [0.05, 0.1) is 11.8 Å². The van der Waals surface area contributed by atoms with E-state index in [2.05, 4.69) is 9.88 Å². The van der Waals surface area contributed by atoms with E-state index >= 15 is 0 Å². The number of halogens is 1. The van der Waals surface area contributed by atoms with Crippen molar-refractivity contribution in [2.24, 2.45) is 0 Å². The molecule has 1 saturated heterocycles. The SMILES string of the molecule is O[C@@H]1C[C@@H](c2cccc(F)c2)N(Cc2cn3ccccc3n2)C1. The van der Waals surface area contributed by atoms with Gasteiger partial charge in [-0.3, -0.25) is 4.90 Å². The Bertz CT molecular complexity index is 799. The maximum absolute atomic E-state index is 13.5. The lowest BCUT2D eigenvalue weighted by Gasteiger charge is -2.23. The summed E-state index contributed by atoms with van der Waals surface area (Å²) in [5, 5.41) is 10.1. The van der Waals surface area contributed by atoms with Gasteiger partial charge in [-0.25, -0.2) is 9.37 Å². The standard InChI is InChI=1S/C18H18FN3O/c19-14-5-3-4-13(8-14)17-9-16(23)12-22(17)11-15-10-21-7-2-1-6-18(21)20-15/h1-8,10,16-17,23H,9,11-12H2/t16-,17+/m1/s1. The van der Waals surface area contributed by atoms with Crippen LogP contribution in [0.15, 0.2) is 54.9 Å². The van der Waals surface area contributed by atoms with E-state index in [4.69, 9.17) is 0 Å². The number of hydrogen-bond acceptors (Lipinski definition) is 3. The first kappa shape index (κ1) is 14.4. The Hall–Kier alpha value is -2.24. The maximum Gasteiger partial charge on any atom is 0.137 e. The zero-order chi connectivity index (χ0) is 15.8. The van der Waals surface area contributed by atoms with Gasteiger partial charge in [-0.2, -0.15) is 0 Å². The van der Waals surface area contributed by atoms with Crippen molar-refractivity contribution >= 4 is 5.65 Å². The average molecular weight is 311 g/mol. The molecule has 0 radical (unpaired) electrons. The van der Waals surface area contributed by atoms with Crippen molar-refractivity contribution in [2.75, 3.05) is 6.54 Å². The lowest BCUT2D eigenvalue weighted by Crippen LogP contribution is -2.24. The van der Waals surface area contributed by atoms with Crippen LogP contribution in [0, 0.1) is 5.82 Å². The fraction of sp³-hybridized carbons (Fsp3) is 0.278. The molecule has 3 heterocycles. The predicted molar refractivity (Wildman–Crippen MR) is 85.4 cm³/mol. The summed E-state index contributed by atoms with van der Waals surface area (Å²) < 4.78 is 15.5. The zero-order valence-corrected chi connectivity index (χ0v) is 12.6. The van der Waals surface area contributed by atoms with Gasteiger partial charge >= 0.3 is 0 Å². The molecule has 0 unspecified atom stereocenters. The highest BCUT2D eigenvalue weighted by Crippen LogP contribution is 2.33. The second kappa shape index (κ2) is 5.76. The van der Waals surface area contributed by atoms with Crippen LogP contribution < -0.4 is 0 Å². The molecular formula is C18H18FN3O. The smallest absolute Gasteiger partial charge is 0.137 e. The van der Waals surface area contributed by atoms with Crippen molar-refractivity contribution in [1.29, 1.82) is 0 Å². The Morgan fingerprint density at radius 2 is 2.13 bits per heavy atom. The fourth-order valence-corrected chi connectivity index (χ4v) is 3.39. The van der Waals surface area contributed by atoms with Crippen LogP contribution in [0.4, 0.5) is 4.39 Å². The van der Waals surface area contributed by atoms with Crippen LogP contribution >= 0.6 is 0 Å². The summed E-state index contributed by atoms with van der Waals surface area (Å²) in [5.41, 5.74) is 2.77. The van der Waals surface area contributed by atoms with Crippen LogP contribution in [0.1, 0.15) is 23.7 Å². The second-order valence-electron chi connectivity index (χ2n) is 6.09. The molecule has 23 heavy (non-hydrogen) atoms. The van der Waals surface area contributed by atoms with E-state index in [1.165, 1.54) is 6.07 Å². The van der Waals surface area contributed by atoms with Crippen molar-refractivity contribution in [3.63, 3.8) is 0 Å². The number of rotatable bonds is 3. The first-order valence-corrected chi connectivity index (χ1v) is 7.79. The van der Waals surface area contributed by atoms with Crippen LogP contribution in [0.2, 0.25) is 0 Å². The summed E-state index contributed by atoms with van der Waals surface area (Å²) in [5.74, 6) is -0.239. The molecule has 1 aliphatic rings. The number of pyridine rings is 1. The number of aromatic nitrogens is 2. The highest BCUT2D eigenvalue weighted by Gasteiger charge is 2.32. The quantitative estimate of drug-likeness (QED) is 0.808. The van der Waals surface area contributed by atoms with Crippen molar-refractivity contribution in [3.8, 4) is 0 Å². The third-order valence-electron chi connectivity index (χ3n) is 4.39. The molecule has 0 aliphatic carbocycles. The van der Waals surface area contributed by atoms with E-state index < -0.39 is 0 Å². The van der Waals surface area contributed by atoms with Gasteiger partial charge in [0.2, 0.25) is 0 Å². The molecule has 1 fully saturated rings. The molecule has 5 heteroatoms. The molecule has 0 amide bonds. The van der Waals surface area contributed by atoms with E-state index in [1.54, 1.807) is 12.1 Å². The Kier molecular flexibility index (Phi) is 3.59. The normalized spacial score (nSPS) is 22.0. The van der Waals surface area contributed by atoms with Gasteiger partial charge in [-0.1, -0.05) is 18.2 Å². The topological polar surface area (TPSA) is 40.8 Å². The van der Waals surface area contributed by atoms with Crippen molar-refractivity contribution in [1.82, 2.24) is 14.3 Å². The molecule has 1 aliphatic heterocycles. The first-order valence-electron chi connectivity index (χ1n) is 7.79. The van der Waals surface area contributed by atoms with Crippen LogP contribution in [-0.2, 0) is 6.54 Å². The Labute approximate surface area is 133 Å². The number of β-amino-alcohol motifs (C(OH)–C–C–N with tert-alkyl or cyclic N) is 1. The summed E-state index contributed by atoms with van der Waals surface area (Å²) in [4.78, 5) is 6.78. The second-order valence-corrected chi connectivity index (χ2v) is 6.09. The lowest BCUT2D eigenvalue weighted by molar-refractivity contribution is 0.172. The molecule has 4 rings (SSSR count). The number of nitrogens with zero attached hydrogens (tertiary/aromatic N) is 3. The minimum absolute atomic E-state index is 0.0190. The molecule has 1 aromatic carbocycles. The molecule has 3 aromatic rings. The predicted octanol–water partition coefficient (Wildman–Crippen LogP) is 2.78. The van der Waals surface area contributed by atoms with Crippen molar-refractivity contribution in [3.05, 3.63) is 71.9 Å². The average Bonchev–Trinajstić information content (AvgIpc) is 3.10. The third kappa shape index (κ3) is 2.85. The van der Waals surface area contributed by atoms with Crippen molar-refractivity contribution in [2.45, 2.75) is 25.1 Å². The Morgan fingerprint density at radius 1 is 1.22 bits per heavy atom. The summed E-state index contributed by atoms with van der Waals surface area (Å²) in [6.07, 6.45) is 4.20. The fourth-order valence-electron chi connectivity index (χ4n) is 3.39. The van der Waals surface area contributed by atoms with Crippen LogP contribution in [-0.4, -0.2) is 32.0 Å². The number of hydrogen-bond donors (Lipinski definition) is 1. The molecule has 4 nitrogen and oxygen atoms in total. The zero-order valence-electron chi connectivity index (χ0n) is 12.6. The van der Waals surface area contributed by atoms with Crippen molar-refractivity contribution < 1.29 is 9.50 Å². The minimum Gasteiger partial charge on any atom is -0.392 e. The highest BCUT2D eigenvalue weighted by atomic mass is 19.1. The summed E-state index contributed by atoms with van der Waals surface area (Å²) >= 11 is 0. The minimum atomic E-state index is -0.389. The number of likely N-dealkylation sites (tertiary alicyclic amines) is 1. The monoisotopic (exact) mass is 311 g/mol. The molecule has 2 atom stereocenters. The largest absolute Gasteiger partial charge is 0.392 e. The molecule has 0 bridgehead atoms. The number of aliphatic hydroxyl groups is 1. The van der Waals surface area contributed by atoms with E-state index in [0.29, 0.717) is 19.5 Å². The number of imidazole rings is 1. The van der Waals surface area contributed by atoms with E-state index in [9.17, 15) is 9.50 Å². The van der Waals surface area contributed by atoms with Gasteiger partial charge in [0.15, 0.2) is 0 Å². The number of fused-ring (bicyclic) bond motifs is 1. The summed E-state index contributed by atoms with van der Waals surface area (Å²) in [6.45, 7) is 1.22. The number of aliphatic hydroxyl groups excluding tert-OH is 1. The van der Waals surface area contributed by atoms with Crippen LogP contribution in [0.5, 0.6) is 0 Å². The van der Waals surface area contributed by atoms with E-state index in [1.807, 2.05) is 41.1 Å². The maximum atomic E-state index is 13.5. The summed E-state index contributed by atoms with van der Waals surface area (Å²) in [6, 6.07) is 12.5. The molecule has 0 spiro atoms. The molecule has 2 aromatic heterocycles. The molecular weight excluding hydrogens is 293 g/mol. The van der Waals surface area contributed by atoms with E-state index in [0.717, 1.165) is 16.9 Å². The van der Waals surface area contributed by atoms with E-state index in [-0.39, 0.29) is 18.0 Å². The van der Waals surface area contributed by atoms with Gasteiger partial charge < -0.3 is 9.51 Å². The lowest BCUT2D eigenvalue weighted by atomic mass is 10.0. The third-order valence-corrected chi connectivity index (χ3v) is 4.39. The van der Waals surface area contributed by atoms with Gasteiger partial charge in [0.25, 0.3) is 0 Å².